The first-order valence-corrected chi connectivity index (χ1v) is 4.72. The van der Waals surface area contributed by atoms with Crippen molar-refractivity contribution in [1.29, 1.82) is 5.26 Å². The third-order valence-corrected chi connectivity index (χ3v) is 2.31. The average Bonchev–Trinajstić information content (AvgIpc) is 2.07. The molecule has 0 spiro atoms. The molecule has 2 heteroatoms. The predicted molar refractivity (Wildman–Crippen MR) is 52.8 cm³/mol. The Labute approximate surface area is 81.2 Å². The van der Waals surface area contributed by atoms with Crippen LogP contribution in [0.3, 0.4) is 0 Å². The lowest BCUT2D eigenvalue weighted by atomic mass is 9.98. The highest BCUT2D eigenvalue weighted by Crippen LogP contribution is 2.21. The highest BCUT2D eigenvalue weighted by molar-refractivity contribution is 9.10. The molecule has 12 heavy (non-hydrogen) atoms. The van der Waals surface area contributed by atoms with Gasteiger partial charge in [0.1, 0.15) is 0 Å². The molecule has 0 bridgehead atoms. The van der Waals surface area contributed by atoms with Gasteiger partial charge in [-0.2, -0.15) is 5.26 Å². The fourth-order valence-corrected chi connectivity index (χ4v) is 1.54. The number of benzene rings is 1. The van der Waals surface area contributed by atoms with E-state index in [1.165, 1.54) is 0 Å². The summed E-state index contributed by atoms with van der Waals surface area (Å²) in [5, 5.41) is 8.81. The SMILES string of the molecule is CCC(C#N)c1cccc(Br)c1. The topological polar surface area (TPSA) is 23.8 Å². The zero-order chi connectivity index (χ0) is 8.97. The Morgan fingerprint density at radius 2 is 2.33 bits per heavy atom. The third-order valence-electron chi connectivity index (χ3n) is 1.82. The Morgan fingerprint density at radius 1 is 1.58 bits per heavy atom. The summed E-state index contributed by atoms with van der Waals surface area (Å²) in [5.74, 6) is 0.0301. The van der Waals surface area contributed by atoms with E-state index in [9.17, 15) is 0 Å². The molecule has 0 aliphatic rings. The van der Waals surface area contributed by atoms with Crippen LogP contribution < -0.4 is 0 Å². The Bertz CT molecular complexity index is 301. The minimum absolute atomic E-state index is 0.0301. The second-order valence-corrected chi connectivity index (χ2v) is 3.56. The van der Waals surface area contributed by atoms with Gasteiger partial charge in [0.15, 0.2) is 0 Å². The third kappa shape index (κ3) is 2.09. The van der Waals surface area contributed by atoms with Crippen LogP contribution in [0.25, 0.3) is 0 Å². The molecule has 62 valence electrons. The predicted octanol–water partition coefficient (Wildman–Crippen LogP) is 3.47. The summed E-state index contributed by atoms with van der Waals surface area (Å²) in [6.07, 6.45) is 0.868. The van der Waals surface area contributed by atoms with E-state index in [4.69, 9.17) is 5.26 Å². The maximum atomic E-state index is 8.81. The average molecular weight is 224 g/mol. The molecule has 0 aromatic heterocycles. The van der Waals surface area contributed by atoms with Gasteiger partial charge in [-0.25, -0.2) is 0 Å². The van der Waals surface area contributed by atoms with Crippen LogP contribution in [-0.4, -0.2) is 0 Å². The van der Waals surface area contributed by atoms with Crippen molar-refractivity contribution in [3.05, 3.63) is 34.3 Å². The molecule has 1 unspecified atom stereocenters. The quantitative estimate of drug-likeness (QED) is 0.754. The molecule has 0 heterocycles. The fourth-order valence-electron chi connectivity index (χ4n) is 1.12. The summed E-state index contributed by atoms with van der Waals surface area (Å²) >= 11 is 3.38. The van der Waals surface area contributed by atoms with Crippen LogP contribution in [0.15, 0.2) is 28.7 Å². The van der Waals surface area contributed by atoms with Crippen molar-refractivity contribution in [2.24, 2.45) is 0 Å². The fraction of sp³-hybridized carbons (Fsp3) is 0.300. The molecule has 0 radical (unpaired) electrons. The number of hydrogen-bond donors (Lipinski definition) is 0. The first-order valence-electron chi connectivity index (χ1n) is 3.93. The summed E-state index contributed by atoms with van der Waals surface area (Å²) in [7, 11) is 0. The highest BCUT2D eigenvalue weighted by atomic mass is 79.9. The summed E-state index contributed by atoms with van der Waals surface area (Å²) < 4.78 is 1.04. The lowest BCUT2D eigenvalue weighted by Crippen LogP contribution is -1.92. The van der Waals surface area contributed by atoms with Gasteiger partial charge in [-0.3, -0.25) is 0 Å². The molecule has 1 atom stereocenters. The van der Waals surface area contributed by atoms with Crippen molar-refractivity contribution in [1.82, 2.24) is 0 Å². The van der Waals surface area contributed by atoms with E-state index in [0.717, 1.165) is 16.5 Å². The van der Waals surface area contributed by atoms with E-state index in [0.29, 0.717) is 0 Å². The van der Waals surface area contributed by atoms with Crippen LogP contribution >= 0.6 is 15.9 Å². The molecule has 1 aromatic carbocycles. The first-order chi connectivity index (χ1) is 5.77. The van der Waals surface area contributed by atoms with E-state index < -0.39 is 0 Å². The van der Waals surface area contributed by atoms with Crippen molar-refractivity contribution in [3.8, 4) is 6.07 Å². The van der Waals surface area contributed by atoms with Crippen LogP contribution in [0.5, 0.6) is 0 Å². The molecular formula is C10H10BrN. The Kier molecular flexibility index (Phi) is 3.31. The van der Waals surface area contributed by atoms with Gasteiger partial charge in [0.25, 0.3) is 0 Å². The van der Waals surface area contributed by atoms with Crippen LogP contribution in [-0.2, 0) is 0 Å². The van der Waals surface area contributed by atoms with E-state index in [-0.39, 0.29) is 5.92 Å². The Morgan fingerprint density at radius 3 is 2.83 bits per heavy atom. The summed E-state index contributed by atoms with van der Waals surface area (Å²) in [6.45, 7) is 2.02. The largest absolute Gasteiger partial charge is 0.198 e. The number of nitrogens with zero attached hydrogens (tertiary/aromatic N) is 1. The summed E-state index contributed by atoms with van der Waals surface area (Å²) in [4.78, 5) is 0. The second kappa shape index (κ2) is 4.27. The van der Waals surface area contributed by atoms with Gasteiger partial charge in [-0.1, -0.05) is 35.0 Å². The van der Waals surface area contributed by atoms with E-state index in [1.54, 1.807) is 0 Å². The standard InChI is InChI=1S/C10H10BrN/c1-2-8(7-12)9-4-3-5-10(11)6-9/h3-6,8H,2H2,1H3. The molecule has 1 aromatic rings. The van der Waals surface area contributed by atoms with Crippen molar-refractivity contribution in [2.75, 3.05) is 0 Å². The highest BCUT2D eigenvalue weighted by Gasteiger charge is 2.06. The minimum atomic E-state index is 0.0301. The van der Waals surface area contributed by atoms with Crippen LogP contribution in [0.4, 0.5) is 0 Å². The molecule has 0 saturated heterocycles. The van der Waals surface area contributed by atoms with E-state index in [1.807, 2.05) is 31.2 Å². The molecule has 0 amide bonds. The van der Waals surface area contributed by atoms with Gasteiger partial charge in [0.05, 0.1) is 12.0 Å². The van der Waals surface area contributed by atoms with E-state index in [2.05, 4.69) is 22.0 Å². The number of halogens is 1. The van der Waals surface area contributed by atoms with Gasteiger partial charge in [0, 0.05) is 4.47 Å². The summed E-state index contributed by atoms with van der Waals surface area (Å²) in [6, 6.07) is 10.2. The maximum absolute atomic E-state index is 8.81. The van der Waals surface area contributed by atoms with Crippen LogP contribution in [0.1, 0.15) is 24.8 Å². The molecule has 0 aliphatic heterocycles. The lowest BCUT2D eigenvalue weighted by molar-refractivity contribution is 0.818. The van der Waals surface area contributed by atoms with Crippen molar-refractivity contribution in [2.45, 2.75) is 19.3 Å². The molecule has 1 rings (SSSR count). The van der Waals surface area contributed by atoms with Gasteiger partial charge in [0.2, 0.25) is 0 Å². The molecule has 0 saturated carbocycles. The normalized spacial score (nSPS) is 12.1. The first kappa shape index (κ1) is 9.28. The van der Waals surface area contributed by atoms with Crippen LogP contribution in [0, 0.1) is 11.3 Å². The zero-order valence-electron chi connectivity index (χ0n) is 6.92. The number of nitriles is 1. The second-order valence-electron chi connectivity index (χ2n) is 2.64. The maximum Gasteiger partial charge on any atom is 0.0710 e. The molecule has 0 aliphatic carbocycles. The van der Waals surface area contributed by atoms with Gasteiger partial charge in [-0.05, 0) is 24.1 Å². The lowest BCUT2D eigenvalue weighted by Gasteiger charge is -2.05. The molecular weight excluding hydrogens is 214 g/mol. The van der Waals surface area contributed by atoms with Crippen molar-refractivity contribution >= 4 is 15.9 Å². The van der Waals surface area contributed by atoms with Gasteiger partial charge < -0.3 is 0 Å². The van der Waals surface area contributed by atoms with Gasteiger partial charge in [-0.15, -0.1) is 0 Å². The number of hydrogen-bond acceptors (Lipinski definition) is 1. The van der Waals surface area contributed by atoms with E-state index >= 15 is 0 Å². The smallest absolute Gasteiger partial charge is 0.0710 e. The Hall–Kier alpha value is -0.810. The zero-order valence-corrected chi connectivity index (χ0v) is 8.51. The molecule has 1 nitrogen and oxygen atoms in total. The molecule has 0 N–H and O–H groups in total. The monoisotopic (exact) mass is 223 g/mol. The Balaban J connectivity index is 2.95. The number of rotatable bonds is 2. The van der Waals surface area contributed by atoms with Gasteiger partial charge >= 0.3 is 0 Å². The summed E-state index contributed by atoms with van der Waals surface area (Å²) in [5.41, 5.74) is 1.09. The van der Waals surface area contributed by atoms with Crippen molar-refractivity contribution < 1.29 is 0 Å². The minimum Gasteiger partial charge on any atom is -0.198 e. The van der Waals surface area contributed by atoms with Crippen molar-refractivity contribution in [3.63, 3.8) is 0 Å². The molecule has 0 fully saturated rings. The van der Waals surface area contributed by atoms with Crippen LogP contribution in [0.2, 0.25) is 0 Å².